The first kappa shape index (κ1) is 17.2. The molecule has 0 saturated heterocycles. The predicted octanol–water partition coefficient (Wildman–Crippen LogP) is 1.29. The molecule has 138 valence electrons. The molecule has 0 unspecified atom stereocenters. The van der Waals surface area contributed by atoms with E-state index >= 15 is 0 Å². The Morgan fingerprint density at radius 1 is 1.19 bits per heavy atom. The molecule has 0 saturated carbocycles. The van der Waals surface area contributed by atoms with Crippen LogP contribution in [-0.4, -0.2) is 20.0 Å². The fraction of sp³-hybridized carbons (Fsp3) is 0.300. The van der Waals surface area contributed by atoms with Gasteiger partial charge < -0.3 is 5.32 Å². The Kier molecular flexibility index (Phi) is 4.35. The van der Waals surface area contributed by atoms with Gasteiger partial charge in [0, 0.05) is 13.2 Å². The van der Waals surface area contributed by atoms with Gasteiger partial charge in [-0.1, -0.05) is 24.3 Å². The van der Waals surface area contributed by atoms with Crippen LogP contribution >= 0.6 is 0 Å². The summed E-state index contributed by atoms with van der Waals surface area (Å²) in [5.41, 5.74) is 1.78. The van der Waals surface area contributed by atoms with Gasteiger partial charge in [-0.2, -0.15) is 0 Å². The minimum atomic E-state index is -0.725. The van der Waals surface area contributed by atoms with E-state index in [1.165, 1.54) is 21.7 Å². The van der Waals surface area contributed by atoms with E-state index < -0.39 is 11.1 Å². The summed E-state index contributed by atoms with van der Waals surface area (Å²) < 4.78 is 2.41. The number of hydrogen-bond acceptors (Lipinski definition) is 4. The van der Waals surface area contributed by atoms with Gasteiger partial charge in [-0.25, -0.2) is 4.98 Å². The molecule has 2 aromatic heterocycles. The highest BCUT2D eigenvalue weighted by Gasteiger charge is 2.22. The molecule has 0 bridgehead atoms. The quantitative estimate of drug-likeness (QED) is 0.710. The number of nitrogens with zero attached hydrogens (tertiary/aromatic N) is 3. The molecule has 1 amide bonds. The third-order valence-corrected chi connectivity index (χ3v) is 5.11. The second-order valence-corrected chi connectivity index (χ2v) is 6.81. The molecule has 0 radical (unpaired) electrons. The van der Waals surface area contributed by atoms with Crippen molar-refractivity contribution in [1.82, 2.24) is 19.4 Å². The van der Waals surface area contributed by atoms with E-state index in [4.69, 9.17) is 0 Å². The number of aromatic nitrogens is 3. The monoisotopic (exact) mass is 364 g/mol. The van der Waals surface area contributed by atoms with Crippen LogP contribution in [0.4, 0.5) is 0 Å². The molecule has 0 fully saturated rings. The van der Waals surface area contributed by atoms with E-state index in [1.54, 1.807) is 18.3 Å². The van der Waals surface area contributed by atoms with Gasteiger partial charge >= 0.3 is 11.1 Å². The molecule has 3 aromatic rings. The molecule has 1 aliphatic rings. The van der Waals surface area contributed by atoms with Crippen LogP contribution in [0.1, 0.15) is 30.0 Å². The van der Waals surface area contributed by atoms with Gasteiger partial charge in [0.05, 0.1) is 11.6 Å². The Morgan fingerprint density at radius 3 is 2.85 bits per heavy atom. The average molecular weight is 364 g/mol. The van der Waals surface area contributed by atoms with Gasteiger partial charge in [0.1, 0.15) is 6.54 Å². The van der Waals surface area contributed by atoms with E-state index in [0.29, 0.717) is 11.2 Å². The number of carbonyl (C=O) groups excluding carboxylic acids is 1. The van der Waals surface area contributed by atoms with Crippen LogP contribution in [0.15, 0.2) is 52.2 Å². The van der Waals surface area contributed by atoms with Crippen molar-refractivity contribution in [2.24, 2.45) is 7.05 Å². The highest BCUT2D eigenvalue weighted by Crippen LogP contribution is 2.29. The summed E-state index contributed by atoms with van der Waals surface area (Å²) in [6.07, 6.45) is 4.42. The summed E-state index contributed by atoms with van der Waals surface area (Å²) in [5.74, 6) is -0.294. The number of fused-ring (bicyclic) bond motifs is 2. The molecular weight excluding hydrogens is 344 g/mol. The number of carbonyl (C=O) groups is 1. The van der Waals surface area contributed by atoms with Crippen molar-refractivity contribution in [1.29, 1.82) is 0 Å². The Balaban J connectivity index is 1.65. The van der Waals surface area contributed by atoms with Crippen molar-refractivity contribution in [3.05, 3.63) is 74.4 Å². The Hall–Kier alpha value is -3.22. The molecule has 27 heavy (non-hydrogen) atoms. The van der Waals surface area contributed by atoms with Crippen LogP contribution in [0.2, 0.25) is 0 Å². The summed E-state index contributed by atoms with van der Waals surface area (Å²) in [5, 5.41) is 3.02. The van der Waals surface area contributed by atoms with Crippen LogP contribution < -0.4 is 16.4 Å². The molecular formula is C20H20N4O3. The second-order valence-electron chi connectivity index (χ2n) is 6.81. The van der Waals surface area contributed by atoms with Crippen LogP contribution in [0.5, 0.6) is 0 Å². The molecule has 4 rings (SSSR count). The largest absolute Gasteiger partial charge is 0.348 e. The van der Waals surface area contributed by atoms with Gasteiger partial charge in [-0.05, 0) is 42.5 Å². The fourth-order valence-electron chi connectivity index (χ4n) is 3.77. The van der Waals surface area contributed by atoms with Gasteiger partial charge in [0.15, 0.2) is 5.65 Å². The van der Waals surface area contributed by atoms with Crippen LogP contribution in [0.3, 0.4) is 0 Å². The van der Waals surface area contributed by atoms with E-state index in [2.05, 4.69) is 16.4 Å². The third-order valence-electron chi connectivity index (χ3n) is 5.11. The number of rotatable bonds is 3. The standard InChI is InChI=1S/C20H20N4O3/c1-23-18-16(10-5-11-21-18)24(20(27)19(23)26)12-17(25)22-15-9-4-7-13-6-2-3-8-14(13)15/h2-3,5-6,8,10-11,15H,4,7,9,12H2,1H3,(H,22,25)/t15-/m0/s1. The Labute approximate surface area is 155 Å². The van der Waals surface area contributed by atoms with Crippen molar-refractivity contribution >= 4 is 17.1 Å². The van der Waals surface area contributed by atoms with Gasteiger partial charge in [-0.15, -0.1) is 0 Å². The second kappa shape index (κ2) is 6.83. The van der Waals surface area contributed by atoms with E-state index in [1.807, 2.05) is 18.2 Å². The van der Waals surface area contributed by atoms with Gasteiger partial charge in [0.25, 0.3) is 0 Å². The van der Waals surface area contributed by atoms with Crippen molar-refractivity contribution in [3.63, 3.8) is 0 Å². The van der Waals surface area contributed by atoms with E-state index in [0.717, 1.165) is 24.8 Å². The summed E-state index contributed by atoms with van der Waals surface area (Å²) in [6, 6.07) is 11.4. The maximum absolute atomic E-state index is 12.7. The molecule has 0 aliphatic heterocycles. The molecule has 2 heterocycles. The van der Waals surface area contributed by atoms with Crippen molar-refractivity contribution in [2.45, 2.75) is 31.8 Å². The van der Waals surface area contributed by atoms with Crippen LogP contribution in [0, 0.1) is 0 Å². The van der Waals surface area contributed by atoms with Crippen molar-refractivity contribution in [2.75, 3.05) is 0 Å². The highest BCUT2D eigenvalue weighted by atomic mass is 16.2. The third kappa shape index (κ3) is 3.05. The maximum atomic E-state index is 12.7. The summed E-state index contributed by atoms with van der Waals surface area (Å²) >= 11 is 0. The molecule has 0 spiro atoms. The highest BCUT2D eigenvalue weighted by molar-refractivity contribution is 5.79. The Morgan fingerprint density at radius 2 is 2.00 bits per heavy atom. The fourth-order valence-corrected chi connectivity index (χ4v) is 3.77. The van der Waals surface area contributed by atoms with Crippen LogP contribution in [0.25, 0.3) is 11.2 Å². The number of hydrogen-bond donors (Lipinski definition) is 1. The first-order chi connectivity index (χ1) is 13.1. The lowest BCUT2D eigenvalue weighted by atomic mass is 9.88. The first-order valence-electron chi connectivity index (χ1n) is 8.98. The lowest BCUT2D eigenvalue weighted by Crippen LogP contribution is -2.44. The lowest BCUT2D eigenvalue weighted by Gasteiger charge is -2.26. The average Bonchev–Trinajstić information content (AvgIpc) is 2.70. The number of aryl methyl sites for hydroxylation is 2. The maximum Gasteiger partial charge on any atom is 0.317 e. The minimum absolute atomic E-state index is 0.0749. The zero-order chi connectivity index (χ0) is 19.0. The van der Waals surface area contributed by atoms with Crippen LogP contribution in [-0.2, 0) is 24.8 Å². The summed E-state index contributed by atoms with van der Waals surface area (Å²) in [7, 11) is 1.50. The zero-order valence-corrected chi connectivity index (χ0v) is 15.0. The minimum Gasteiger partial charge on any atom is -0.348 e. The van der Waals surface area contributed by atoms with E-state index in [9.17, 15) is 14.4 Å². The molecule has 7 heteroatoms. The zero-order valence-electron chi connectivity index (χ0n) is 15.0. The molecule has 1 aliphatic carbocycles. The molecule has 1 N–H and O–H groups in total. The number of pyridine rings is 1. The van der Waals surface area contributed by atoms with Crippen molar-refractivity contribution < 1.29 is 4.79 Å². The lowest BCUT2D eigenvalue weighted by molar-refractivity contribution is -0.122. The topological polar surface area (TPSA) is 86.0 Å². The number of nitrogens with one attached hydrogen (secondary N) is 1. The van der Waals surface area contributed by atoms with Gasteiger partial charge in [-0.3, -0.25) is 23.5 Å². The normalized spacial score (nSPS) is 16.1. The van der Waals surface area contributed by atoms with Crippen molar-refractivity contribution in [3.8, 4) is 0 Å². The Bertz CT molecular complexity index is 1150. The van der Waals surface area contributed by atoms with Gasteiger partial charge in [0.2, 0.25) is 5.91 Å². The smallest absolute Gasteiger partial charge is 0.317 e. The molecule has 1 atom stereocenters. The molecule has 7 nitrogen and oxygen atoms in total. The first-order valence-corrected chi connectivity index (χ1v) is 8.98. The molecule has 1 aromatic carbocycles. The predicted molar refractivity (Wildman–Crippen MR) is 102 cm³/mol. The number of amides is 1. The van der Waals surface area contributed by atoms with E-state index in [-0.39, 0.29) is 18.5 Å². The summed E-state index contributed by atoms with van der Waals surface area (Å²) in [6.45, 7) is -0.213. The number of benzene rings is 1. The summed E-state index contributed by atoms with van der Waals surface area (Å²) in [4.78, 5) is 41.5. The SMILES string of the molecule is Cn1c(=O)c(=O)n(CC(=O)N[C@H]2CCCc3ccccc32)c2cccnc21.